The molecule has 0 aromatic heterocycles. The Labute approximate surface area is 102 Å². The van der Waals surface area contributed by atoms with Crippen LogP contribution in [0.4, 0.5) is 0 Å². The molecule has 2 amide bonds. The van der Waals surface area contributed by atoms with Crippen LogP contribution in [0, 0.1) is 5.92 Å². The molecule has 17 heavy (non-hydrogen) atoms. The molecule has 2 saturated heterocycles. The average molecular weight is 239 g/mol. The van der Waals surface area contributed by atoms with Gasteiger partial charge in [-0.15, -0.1) is 0 Å². The van der Waals surface area contributed by atoms with Crippen LogP contribution in [0.2, 0.25) is 0 Å². The van der Waals surface area contributed by atoms with Crippen LogP contribution in [0.25, 0.3) is 0 Å². The number of hydrogen-bond donors (Lipinski definition) is 1. The highest BCUT2D eigenvalue weighted by atomic mass is 16.2. The second-order valence-corrected chi connectivity index (χ2v) is 5.24. The molecular weight excluding hydrogens is 218 g/mol. The zero-order chi connectivity index (χ0) is 12.6. The van der Waals surface area contributed by atoms with Crippen molar-refractivity contribution in [3.05, 3.63) is 0 Å². The van der Waals surface area contributed by atoms with Gasteiger partial charge >= 0.3 is 0 Å². The van der Waals surface area contributed by atoms with Crippen molar-refractivity contribution in [2.24, 2.45) is 11.7 Å². The summed E-state index contributed by atoms with van der Waals surface area (Å²) < 4.78 is 0. The van der Waals surface area contributed by atoms with Crippen LogP contribution in [-0.4, -0.2) is 53.8 Å². The average Bonchev–Trinajstić information content (AvgIpc) is 2.57. The summed E-state index contributed by atoms with van der Waals surface area (Å²) in [5.74, 6) is 0.444. The largest absolute Gasteiger partial charge is 0.328 e. The van der Waals surface area contributed by atoms with Gasteiger partial charge in [-0.25, -0.2) is 0 Å². The monoisotopic (exact) mass is 239 g/mol. The Balaban J connectivity index is 1.94. The standard InChI is InChI=1S/C12H21N3O2/c1-8(13)9-3-5-15(6-4-9)10-7-11(16)14(2)12(10)17/h8-10H,3-7,13H2,1-2H3. The van der Waals surface area contributed by atoms with E-state index in [4.69, 9.17) is 5.73 Å². The third kappa shape index (κ3) is 2.35. The molecule has 2 heterocycles. The molecule has 2 aliphatic rings. The fourth-order valence-corrected chi connectivity index (χ4v) is 2.78. The van der Waals surface area contributed by atoms with Crippen LogP contribution in [0.5, 0.6) is 0 Å². The molecule has 0 aliphatic carbocycles. The summed E-state index contributed by atoms with van der Waals surface area (Å²) in [6, 6.07) is 0.00210. The van der Waals surface area contributed by atoms with E-state index in [9.17, 15) is 9.59 Å². The first kappa shape index (κ1) is 12.5. The van der Waals surface area contributed by atoms with Gasteiger partial charge in [0.05, 0.1) is 12.5 Å². The summed E-state index contributed by atoms with van der Waals surface area (Å²) in [6.45, 7) is 3.80. The highest BCUT2D eigenvalue weighted by molar-refractivity contribution is 6.05. The Kier molecular flexibility index (Phi) is 3.49. The van der Waals surface area contributed by atoms with E-state index in [0.29, 0.717) is 12.3 Å². The molecule has 2 rings (SSSR count). The van der Waals surface area contributed by atoms with Gasteiger partial charge < -0.3 is 5.73 Å². The lowest BCUT2D eigenvalue weighted by Gasteiger charge is -2.36. The molecule has 2 unspecified atom stereocenters. The molecule has 0 spiro atoms. The number of nitrogens with two attached hydrogens (primary N) is 1. The topological polar surface area (TPSA) is 66.6 Å². The van der Waals surface area contributed by atoms with E-state index < -0.39 is 0 Å². The van der Waals surface area contributed by atoms with Gasteiger partial charge in [-0.3, -0.25) is 19.4 Å². The molecule has 2 N–H and O–H groups in total. The first-order valence-electron chi connectivity index (χ1n) is 6.30. The Bertz CT molecular complexity index is 322. The van der Waals surface area contributed by atoms with Crippen molar-refractivity contribution in [2.45, 2.75) is 38.3 Å². The summed E-state index contributed by atoms with van der Waals surface area (Å²) in [4.78, 5) is 26.7. The predicted molar refractivity (Wildman–Crippen MR) is 64.1 cm³/mol. The number of imide groups is 1. The van der Waals surface area contributed by atoms with Crippen LogP contribution < -0.4 is 5.73 Å². The summed E-state index contributed by atoms with van der Waals surface area (Å²) in [5.41, 5.74) is 5.89. The van der Waals surface area contributed by atoms with Crippen molar-refractivity contribution in [1.82, 2.24) is 9.80 Å². The van der Waals surface area contributed by atoms with Gasteiger partial charge in [-0.05, 0) is 38.8 Å². The van der Waals surface area contributed by atoms with E-state index in [1.54, 1.807) is 7.05 Å². The fraction of sp³-hybridized carbons (Fsp3) is 0.833. The fourth-order valence-electron chi connectivity index (χ4n) is 2.78. The van der Waals surface area contributed by atoms with E-state index in [1.807, 2.05) is 6.92 Å². The lowest BCUT2D eigenvalue weighted by molar-refractivity contribution is -0.138. The van der Waals surface area contributed by atoms with E-state index in [0.717, 1.165) is 25.9 Å². The Morgan fingerprint density at radius 1 is 1.29 bits per heavy atom. The lowest BCUT2D eigenvalue weighted by Crippen LogP contribution is -2.47. The minimum atomic E-state index is -0.221. The highest BCUT2D eigenvalue weighted by Crippen LogP contribution is 2.25. The van der Waals surface area contributed by atoms with Gasteiger partial charge in [0.15, 0.2) is 0 Å². The molecule has 2 fully saturated rings. The summed E-state index contributed by atoms with van der Waals surface area (Å²) in [7, 11) is 1.57. The molecule has 2 aliphatic heterocycles. The molecule has 5 heteroatoms. The number of rotatable bonds is 2. The second-order valence-electron chi connectivity index (χ2n) is 5.24. The zero-order valence-electron chi connectivity index (χ0n) is 10.6. The summed E-state index contributed by atoms with van der Waals surface area (Å²) in [5, 5.41) is 0. The molecule has 2 atom stereocenters. The SMILES string of the molecule is CC(N)C1CCN(C2CC(=O)N(C)C2=O)CC1. The van der Waals surface area contributed by atoms with E-state index in [-0.39, 0.29) is 23.9 Å². The number of piperidine rings is 1. The smallest absolute Gasteiger partial charge is 0.246 e. The molecule has 0 aromatic carbocycles. The Morgan fingerprint density at radius 3 is 2.29 bits per heavy atom. The van der Waals surface area contributed by atoms with Crippen molar-refractivity contribution < 1.29 is 9.59 Å². The van der Waals surface area contributed by atoms with Crippen molar-refractivity contribution in [2.75, 3.05) is 20.1 Å². The summed E-state index contributed by atoms with van der Waals surface area (Å²) >= 11 is 0. The predicted octanol–water partition coefficient (Wildman–Crippen LogP) is -0.197. The summed E-state index contributed by atoms with van der Waals surface area (Å²) in [6.07, 6.45) is 2.40. The third-order valence-electron chi connectivity index (χ3n) is 4.12. The number of carbonyl (C=O) groups excluding carboxylic acids is 2. The van der Waals surface area contributed by atoms with Crippen molar-refractivity contribution >= 4 is 11.8 Å². The molecular formula is C12H21N3O2. The van der Waals surface area contributed by atoms with Crippen molar-refractivity contribution in [3.8, 4) is 0 Å². The number of hydrogen-bond acceptors (Lipinski definition) is 4. The van der Waals surface area contributed by atoms with Gasteiger partial charge in [0.1, 0.15) is 0 Å². The van der Waals surface area contributed by atoms with Crippen LogP contribution in [0.1, 0.15) is 26.2 Å². The van der Waals surface area contributed by atoms with Gasteiger partial charge in [-0.1, -0.05) is 0 Å². The first-order chi connectivity index (χ1) is 8.00. The maximum atomic E-state index is 11.9. The Hall–Kier alpha value is -0.940. The Morgan fingerprint density at radius 2 is 1.88 bits per heavy atom. The maximum Gasteiger partial charge on any atom is 0.246 e. The van der Waals surface area contributed by atoms with Gasteiger partial charge in [0.2, 0.25) is 11.8 Å². The molecule has 0 bridgehead atoms. The number of likely N-dealkylation sites (N-methyl/N-ethyl adjacent to an activating group) is 1. The number of nitrogens with zero attached hydrogens (tertiary/aromatic N) is 2. The highest BCUT2D eigenvalue weighted by Gasteiger charge is 2.40. The first-order valence-corrected chi connectivity index (χ1v) is 6.30. The van der Waals surface area contributed by atoms with Gasteiger partial charge in [0.25, 0.3) is 0 Å². The number of amides is 2. The minimum Gasteiger partial charge on any atom is -0.328 e. The molecule has 96 valence electrons. The van der Waals surface area contributed by atoms with E-state index in [1.165, 1.54) is 4.90 Å². The third-order valence-corrected chi connectivity index (χ3v) is 4.12. The number of carbonyl (C=O) groups is 2. The molecule has 0 saturated carbocycles. The second kappa shape index (κ2) is 4.74. The van der Waals surface area contributed by atoms with Gasteiger partial charge in [-0.2, -0.15) is 0 Å². The molecule has 0 radical (unpaired) electrons. The maximum absolute atomic E-state index is 11.9. The van der Waals surface area contributed by atoms with Gasteiger partial charge in [0, 0.05) is 13.1 Å². The van der Waals surface area contributed by atoms with E-state index >= 15 is 0 Å². The van der Waals surface area contributed by atoms with Crippen LogP contribution in [-0.2, 0) is 9.59 Å². The van der Waals surface area contributed by atoms with Crippen molar-refractivity contribution in [1.29, 1.82) is 0 Å². The van der Waals surface area contributed by atoms with Crippen LogP contribution >= 0.6 is 0 Å². The molecule has 5 nitrogen and oxygen atoms in total. The normalized spacial score (nSPS) is 30.1. The lowest BCUT2D eigenvalue weighted by atomic mass is 9.90. The van der Waals surface area contributed by atoms with E-state index in [2.05, 4.69) is 4.90 Å². The zero-order valence-corrected chi connectivity index (χ0v) is 10.6. The number of likely N-dealkylation sites (tertiary alicyclic amines) is 2. The van der Waals surface area contributed by atoms with Crippen molar-refractivity contribution in [3.63, 3.8) is 0 Å². The van der Waals surface area contributed by atoms with Crippen LogP contribution in [0.15, 0.2) is 0 Å². The molecule has 0 aromatic rings. The minimum absolute atomic E-state index is 0.0470. The quantitative estimate of drug-likeness (QED) is 0.678. The van der Waals surface area contributed by atoms with Crippen LogP contribution in [0.3, 0.4) is 0 Å².